The van der Waals surface area contributed by atoms with Gasteiger partial charge in [-0.3, -0.25) is 4.90 Å². The molecule has 0 fully saturated rings. The molecule has 4 rings (SSSR count). The Morgan fingerprint density at radius 3 is 1.05 bits per heavy atom. The largest absolute Gasteiger partial charge is 1.00 e. The second kappa shape index (κ2) is 16.8. The average molecular weight is 565 g/mol. The van der Waals surface area contributed by atoms with E-state index in [0.29, 0.717) is 12.6 Å². The number of nitrogens with zero attached hydrogens (tertiary/aromatic N) is 1. The maximum atomic E-state index is 11.6. The Labute approximate surface area is 267 Å². The number of benzene rings is 4. The average Bonchev–Trinajstić information content (AvgIpc) is 2.90. The normalized spacial score (nSPS) is 11.3. The third kappa shape index (κ3) is 10.7. The van der Waals surface area contributed by atoms with Gasteiger partial charge in [-0.1, -0.05) is 129 Å². The number of rotatable bonds is 11. The molecule has 0 heterocycles. The predicted octanol–water partition coefficient (Wildman–Crippen LogP) is -2.61. The summed E-state index contributed by atoms with van der Waals surface area (Å²) in [5.74, 6) is 0. The van der Waals surface area contributed by atoms with Crippen LogP contribution in [0.2, 0.25) is 0 Å². The van der Waals surface area contributed by atoms with Gasteiger partial charge in [-0.05, 0) is 43.2 Å². The smallest absolute Gasteiger partial charge is 0.811 e. The van der Waals surface area contributed by atoms with Crippen LogP contribution in [0.3, 0.4) is 0 Å². The van der Waals surface area contributed by atoms with Crippen molar-refractivity contribution in [3.63, 3.8) is 0 Å². The van der Waals surface area contributed by atoms with Gasteiger partial charge in [0, 0.05) is 19.1 Å². The summed E-state index contributed by atoms with van der Waals surface area (Å²) in [5.41, 5.74) is 0. The molecule has 0 N–H and O–H groups in total. The fourth-order valence-electron chi connectivity index (χ4n) is 3.91. The van der Waals surface area contributed by atoms with E-state index < -0.39 is 23.4 Å². The van der Waals surface area contributed by atoms with E-state index in [1.54, 1.807) is 0 Å². The van der Waals surface area contributed by atoms with E-state index in [1.165, 1.54) is 21.2 Å². The third-order valence-electron chi connectivity index (χ3n) is 5.64. The van der Waals surface area contributed by atoms with Gasteiger partial charge >= 0.3 is 59.1 Å². The van der Waals surface area contributed by atoms with Crippen molar-refractivity contribution in [1.29, 1.82) is 0 Å². The first-order chi connectivity index (χ1) is 17.0. The first-order valence-corrected chi connectivity index (χ1v) is 16.3. The Balaban J connectivity index is 0.00000241. The van der Waals surface area contributed by atoms with E-state index in [2.05, 4.69) is 53.4 Å². The molecule has 0 aliphatic heterocycles. The van der Waals surface area contributed by atoms with Gasteiger partial charge in [0.15, 0.2) is 0 Å². The molecule has 0 aromatic heterocycles. The molecule has 0 spiro atoms. The maximum absolute atomic E-state index is 11.6. The van der Waals surface area contributed by atoms with Crippen molar-refractivity contribution in [2.75, 3.05) is 25.3 Å². The van der Waals surface area contributed by atoms with Gasteiger partial charge in [0.05, 0.1) is 0 Å². The molecule has 9 heteroatoms. The minimum Gasteiger partial charge on any atom is -0.811 e. The van der Waals surface area contributed by atoms with Crippen LogP contribution in [0.5, 0.6) is 0 Å². The molecule has 0 aliphatic carbocycles. The molecule has 4 nitrogen and oxygen atoms in total. The minimum atomic E-state index is -4.62. The van der Waals surface area contributed by atoms with Crippen molar-refractivity contribution < 1.29 is 73.5 Å². The summed E-state index contributed by atoms with van der Waals surface area (Å²) >= 11 is 0. The van der Waals surface area contributed by atoms with E-state index in [0.717, 1.165) is 0 Å². The van der Waals surface area contributed by atoms with E-state index >= 15 is 0 Å². The summed E-state index contributed by atoms with van der Waals surface area (Å²) in [6.07, 6.45) is 0.996. The molecule has 0 saturated heterocycles. The summed E-state index contributed by atoms with van der Waals surface area (Å²) in [6, 6.07) is 41.5. The minimum absolute atomic E-state index is 0. The summed E-state index contributed by atoms with van der Waals surface area (Å²) in [5, 5.41) is 4.93. The quantitative estimate of drug-likeness (QED) is 0.148. The van der Waals surface area contributed by atoms with Gasteiger partial charge in [0.25, 0.3) is 0 Å². The Hall–Kier alpha value is -0.150. The second-order valence-electron chi connectivity index (χ2n) is 8.21. The van der Waals surface area contributed by atoms with Crippen LogP contribution in [-0.4, -0.2) is 30.2 Å². The van der Waals surface area contributed by atoms with Gasteiger partial charge in [0.2, 0.25) is 0 Å². The number of hydrogen-bond donors (Lipinski definition) is 0. The predicted molar refractivity (Wildman–Crippen MR) is 147 cm³/mol. The zero-order valence-corrected chi connectivity index (χ0v) is 28.1. The molecule has 0 radical (unpaired) electrons. The van der Waals surface area contributed by atoms with Gasteiger partial charge in [-0.15, -0.1) is 0 Å². The van der Waals surface area contributed by atoms with Crippen molar-refractivity contribution >= 4 is 44.7 Å². The Bertz CT molecular complexity index is 1050. The van der Waals surface area contributed by atoms with Crippen molar-refractivity contribution in [2.24, 2.45) is 0 Å². The molecule has 0 amide bonds. The van der Waals surface area contributed by atoms with Crippen LogP contribution in [-0.2, 0) is 4.57 Å². The summed E-state index contributed by atoms with van der Waals surface area (Å²) < 4.78 is 11.6. The molecular weight excluding hydrogens is 537 g/mol. The van der Waals surface area contributed by atoms with E-state index in [-0.39, 0.29) is 71.8 Å². The molecule has 0 bridgehead atoms. The molecular formula is C28H28NNa2O3P3. The molecule has 4 aromatic carbocycles. The van der Waals surface area contributed by atoms with Crippen LogP contribution in [0.4, 0.5) is 0 Å². The van der Waals surface area contributed by atoms with E-state index in [9.17, 15) is 14.4 Å². The van der Waals surface area contributed by atoms with Crippen LogP contribution < -0.4 is 90.1 Å². The second-order valence-corrected chi connectivity index (χ2v) is 14.2. The van der Waals surface area contributed by atoms with Crippen LogP contribution >= 0.6 is 23.4 Å². The van der Waals surface area contributed by atoms with Crippen LogP contribution in [0, 0.1) is 0 Å². The fourth-order valence-corrected chi connectivity index (χ4v) is 9.25. The SMILES string of the molecule is O=P([O-])([O-])CCN(CP(c1ccccc1)c1ccccc1)CP(c1ccccc1)c1ccccc1.[Na+].[Na+]. The van der Waals surface area contributed by atoms with Crippen LogP contribution in [0.1, 0.15) is 0 Å². The molecule has 180 valence electrons. The summed E-state index contributed by atoms with van der Waals surface area (Å²) in [6.45, 7) is 0.223. The zero-order chi connectivity index (χ0) is 24.5. The van der Waals surface area contributed by atoms with Gasteiger partial charge < -0.3 is 14.4 Å². The molecule has 0 unspecified atom stereocenters. The molecule has 4 aromatic rings. The molecule has 37 heavy (non-hydrogen) atoms. The topological polar surface area (TPSA) is 66.4 Å². The Kier molecular flexibility index (Phi) is 15.0. The first kappa shape index (κ1) is 33.1. The molecule has 0 aliphatic rings. The molecule has 0 atom stereocenters. The molecule has 0 saturated carbocycles. The Morgan fingerprint density at radius 1 is 0.541 bits per heavy atom. The maximum Gasteiger partial charge on any atom is 1.00 e. The van der Waals surface area contributed by atoms with Crippen molar-refractivity contribution in [3.05, 3.63) is 121 Å². The van der Waals surface area contributed by atoms with Gasteiger partial charge in [-0.2, -0.15) is 0 Å². The summed E-state index contributed by atoms with van der Waals surface area (Å²) in [7, 11) is -6.15. The number of hydrogen-bond acceptors (Lipinski definition) is 4. The van der Waals surface area contributed by atoms with Crippen LogP contribution in [0.15, 0.2) is 121 Å². The standard InChI is InChI=1S/C28H30NO3P3.2Na/c30-35(31,32)22-21-29(23-33(25-13-5-1-6-14-25)26-15-7-2-8-16-26)24-34(27-17-9-3-10-18-27)28-19-11-4-12-20-28;;/h1-20H,21-24H2,(H2,30,31,32);;/q;2*+1/p-2. The fraction of sp³-hybridized carbons (Fsp3) is 0.143. The van der Waals surface area contributed by atoms with Crippen molar-refractivity contribution in [2.45, 2.75) is 0 Å². The van der Waals surface area contributed by atoms with Crippen molar-refractivity contribution in [1.82, 2.24) is 4.90 Å². The van der Waals surface area contributed by atoms with Crippen molar-refractivity contribution in [3.8, 4) is 0 Å². The Morgan fingerprint density at radius 2 is 0.811 bits per heavy atom. The van der Waals surface area contributed by atoms with E-state index in [1.807, 2.05) is 72.8 Å². The van der Waals surface area contributed by atoms with Gasteiger partial charge in [0.1, 0.15) is 0 Å². The zero-order valence-electron chi connectivity index (χ0n) is 21.4. The van der Waals surface area contributed by atoms with Crippen LogP contribution in [0.25, 0.3) is 0 Å². The first-order valence-electron chi connectivity index (χ1n) is 11.5. The van der Waals surface area contributed by atoms with Gasteiger partial charge in [-0.25, -0.2) is 0 Å². The third-order valence-corrected chi connectivity index (χ3v) is 11.4. The van der Waals surface area contributed by atoms with E-state index in [4.69, 9.17) is 0 Å². The monoisotopic (exact) mass is 565 g/mol. The summed E-state index contributed by atoms with van der Waals surface area (Å²) in [4.78, 5) is 25.5.